The van der Waals surface area contributed by atoms with Gasteiger partial charge in [-0.3, -0.25) is 14.9 Å². The molecule has 0 bridgehead atoms. The van der Waals surface area contributed by atoms with Gasteiger partial charge in [-0.1, -0.05) is 42.1 Å². The Hall–Kier alpha value is -3.04. The van der Waals surface area contributed by atoms with Crippen LogP contribution in [0.4, 0.5) is 10.1 Å². The number of aromatic amines is 1. The fourth-order valence-corrected chi connectivity index (χ4v) is 4.66. The van der Waals surface area contributed by atoms with E-state index in [0.29, 0.717) is 32.3 Å². The molecule has 0 atom stereocenters. The highest BCUT2D eigenvalue weighted by molar-refractivity contribution is 7.98. The number of para-hydroxylation sites is 1. The Bertz CT molecular complexity index is 1240. The number of aromatic nitrogens is 2. The summed E-state index contributed by atoms with van der Waals surface area (Å²) in [5, 5.41) is 13.8. The lowest BCUT2D eigenvalue weighted by atomic mass is 10.1. The maximum absolute atomic E-state index is 13.2. The minimum absolute atomic E-state index is 0.0353. The summed E-state index contributed by atoms with van der Waals surface area (Å²) in [5.74, 6) is -0.0362. The van der Waals surface area contributed by atoms with Crippen molar-refractivity contribution in [1.29, 1.82) is 0 Å². The van der Waals surface area contributed by atoms with Gasteiger partial charge in [-0.05, 0) is 17.7 Å². The lowest BCUT2D eigenvalue weighted by Gasteiger charge is -2.03. The molecule has 4 rings (SSSR count). The smallest absolute Gasteiger partial charge is 0.273 e. The van der Waals surface area contributed by atoms with Gasteiger partial charge < -0.3 is 4.98 Å². The van der Waals surface area contributed by atoms with E-state index >= 15 is 0 Å². The Balaban J connectivity index is 1.65. The summed E-state index contributed by atoms with van der Waals surface area (Å²) < 4.78 is 13.2. The summed E-state index contributed by atoms with van der Waals surface area (Å²) in [7, 11) is 0. The molecule has 0 radical (unpaired) electrons. The molecule has 0 aliphatic carbocycles. The van der Waals surface area contributed by atoms with Gasteiger partial charge in [0.2, 0.25) is 0 Å². The second-order valence-electron chi connectivity index (χ2n) is 5.88. The van der Waals surface area contributed by atoms with Crippen LogP contribution in [0.3, 0.4) is 0 Å². The van der Waals surface area contributed by atoms with Crippen LogP contribution in [0.1, 0.15) is 5.56 Å². The number of fused-ring (bicyclic) bond motifs is 1. The number of hydrogen-bond acceptors (Lipinski definition) is 6. The van der Waals surface area contributed by atoms with Crippen LogP contribution in [-0.4, -0.2) is 14.9 Å². The van der Waals surface area contributed by atoms with Crippen molar-refractivity contribution in [2.24, 2.45) is 0 Å². The highest BCUT2D eigenvalue weighted by Crippen LogP contribution is 2.32. The summed E-state index contributed by atoms with van der Waals surface area (Å²) in [6.07, 6.45) is 0. The minimum Gasteiger partial charge on any atom is -0.301 e. The molecule has 0 fully saturated rings. The van der Waals surface area contributed by atoms with Crippen LogP contribution < -0.4 is 5.56 Å². The molecule has 0 spiro atoms. The molecular weight excluding hydrogens is 401 g/mol. The number of halogens is 1. The van der Waals surface area contributed by atoms with Crippen molar-refractivity contribution in [3.05, 3.63) is 85.8 Å². The molecule has 2 heterocycles. The van der Waals surface area contributed by atoms with Crippen molar-refractivity contribution in [3.63, 3.8) is 0 Å². The van der Waals surface area contributed by atoms with Crippen LogP contribution in [0.2, 0.25) is 0 Å². The van der Waals surface area contributed by atoms with Gasteiger partial charge in [0, 0.05) is 28.3 Å². The number of nitrogens with zero attached hydrogens (tertiary/aromatic N) is 2. The van der Waals surface area contributed by atoms with Crippen LogP contribution in [0, 0.1) is 15.9 Å². The van der Waals surface area contributed by atoms with Gasteiger partial charge in [0.15, 0.2) is 5.16 Å². The average Bonchev–Trinajstić information content (AvgIpc) is 3.12. The molecule has 28 heavy (non-hydrogen) atoms. The number of H-pyrrole nitrogens is 1. The van der Waals surface area contributed by atoms with Gasteiger partial charge in [0.25, 0.3) is 11.2 Å². The fourth-order valence-electron chi connectivity index (χ4n) is 2.80. The first-order chi connectivity index (χ1) is 13.5. The molecule has 0 amide bonds. The number of nitrogens with one attached hydrogen (secondary N) is 1. The molecule has 0 saturated carbocycles. The number of nitro groups is 1. The van der Waals surface area contributed by atoms with Gasteiger partial charge in [0.1, 0.15) is 10.6 Å². The van der Waals surface area contributed by atoms with Crippen molar-refractivity contribution in [2.75, 3.05) is 0 Å². The zero-order valence-corrected chi connectivity index (χ0v) is 15.8. The Morgan fingerprint density at radius 2 is 1.93 bits per heavy atom. The van der Waals surface area contributed by atoms with E-state index in [1.54, 1.807) is 30.3 Å². The molecule has 6 nitrogen and oxygen atoms in total. The van der Waals surface area contributed by atoms with E-state index in [1.807, 2.05) is 5.38 Å². The fraction of sp³-hybridized carbons (Fsp3) is 0.0526. The van der Waals surface area contributed by atoms with Gasteiger partial charge >= 0.3 is 0 Å². The quantitative estimate of drug-likeness (QED) is 0.215. The summed E-state index contributed by atoms with van der Waals surface area (Å²) in [6, 6.07) is 12.4. The largest absolute Gasteiger partial charge is 0.301 e. The van der Waals surface area contributed by atoms with Gasteiger partial charge in [-0.25, -0.2) is 9.37 Å². The third-order valence-corrected chi connectivity index (χ3v) is 5.92. The van der Waals surface area contributed by atoms with Crippen LogP contribution in [0.25, 0.3) is 21.3 Å². The first kappa shape index (κ1) is 18.3. The normalized spacial score (nSPS) is 11.0. The molecule has 0 saturated heterocycles. The maximum atomic E-state index is 13.2. The average molecular weight is 413 g/mol. The van der Waals surface area contributed by atoms with Crippen LogP contribution in [0.15, 0.2) is 63.9 Å². The first-order valence-electron chi connectivity index (χ1n) is 8.15. The predicted octanol–water partition coefficient (Wildman–Crippen LogP) is 4.99. The number of benzene rings is 2. The van der Waals surface area contributed by atoms with Crippen molar-refractivity contribution in [2.45, 2.75) is 10.9 Å². The molecule has 4 aromatic rings. The number of hydrogen-bond donors (Lipinski definition) is 1. The molecule has 1 N–H and O–H groups in total. The minimum atomic E-state index is -0.427. The van der Waals surface area contributed by atoms with Gasteiger partial charge in [0.05, 0.1) is 10.3 Å². The Kier molecular flexibility index (Phi) is 4.93. The SMILES string of the molecule is O=c1[nH]c(SCc2ccccc2[N+](=O)[O-])nc2scc(-c3ccc(F)cc3)c12. The lowest BCUT2D eigenvalue weighted by molar-refractivity contribution is -0.385. The molecular formula is C19H12FN3O3S2. The molecule has 140 valence electrons. The monoisotopic (exact) mass is 413 g/mol. The summed E-state index contributed by atoms with van der Waals surface area (Å²) in [5.41, 5.74) is 1.73. The van der Waals surface area contributed by atoms with E-state index in [1.165, 1.54) is 41.3 Å². The molecule has 0 unspecified atom stereocenters. The second-order valence-corrected chi connectivity index (χ2v) is 7.70. The molecule has 2 aromatic carbocycles. The molecule has 2 aromatic heterocycles. The Morgan fingerprint density at radius 3 is 2.68 bits per heavy atom. The highest BCUT2D eigenvalue weighted by Gasteiger charge is 2.16. The number of rotatable bonds is 5. The van der Waals surface area contributed by atoms with Crippen LogP contribution in [0.5, 0.6) is 0 Å². The summed E-state index contributed by atoms with van der Waals surface area (Å²) >= 11 is 2.55. The Morgan fingerprint density at radius 1 is 1.18 bits per heavy atom. The standard InChI is InChI=1S/C19H12FN3O3S2/c20-13-7-5-11(6-8-13)14-10-27-18-16(14)17(24)21-19(22-18)28-9-12-3-1-2-4-15(12)23(25)26/h1-8,10H,9H2,(H,21,22,24). The summed E-state index contributed by atoms with van der Waals surface area (Å²) in [6.45, 7) is 0. The van der Waals surface area contributed by atoms with Crippen molar-refractivity contribution < 1.29 is 9.31 Å². The third-order valence-electron chi connectivity index (χ3n) is 4.13. The van der Waals surface area contributed by atoms with Gasteiger partial charge in [-0.15, -0.1) is 11.3 Å². The molecule has 0 aliphatic heterocycles. The van der Waals surface area contributed by atoms with Gasteiger partial charge in [-0.2, -0.15) is 0 Å². The first-order valence-corrected chi connectivity index (χ1v) is 10.0. The van der Waals surface area contributed by atoms with E-state index in [-0.39, 0.29) is 17.1 Å². The number of thiophene rings is 1. The maximum Gasteiger partial charge on any atom is 0.273 e. The van der Waals surface area contributed by atoms with Crippen molar-refractivity contribution >= 4 is 39.0 Å². The van der Waals surface area contributed by atoms with E-state index in [9.17, 15) is 19.3 Å². The number of nitro benzene ring substituents is 1. The predicted molar refractivity (Wildman–Crippen MR) is 108 cm³/mol. The second kappa shape index (κ2) is 7.53. The topological polar surface area (TPSA) is 88.9 Å². The van der Waals surface area contributed by atoms with E-state index in [0.717, 1.165) is 5.56 Å². The lowest BCUT2D eigenvalue weighted by Crippen LogP contribution is -2.08. The zero-order valence-electron chi connectivity index (χ0n) is 14.2. The number of thioether (sulfide) groups is 1. The van der Waals surface area contributed by atoms with E-state index in [2.05, 4.69) is 9.97 Å². The van der Waals surface area contributed by atoms with E-state index < -0.39 is 4.92 Å². The summed E-state index contributed by atoms with van der Waals surface area (Å²) in [4.78, 5) is 31.1. The third kappa shape index (κ3) is 3.54. The molecule has 0 aliphatic rings. The molecule has 9 heteroatoms. The van der Waals surface area contributed by atoms with Crippen LogP contribution >= 0.6 is 23.1 Å². The van der Waals surface area contributed by atoms with E-state index in [4.69, 9.17) is 0 Å². The highest BCUT2D eigenvalue weighted by atomic mass is 32.2. The van der Waals surface area contributed by atoms with Crippen LogP contribution in [-0.2, 0) is 5.75 Å². The Labute approximate surface area is 166 Å². The van der Waals surface area contributed by atoms with Crippen molar-refractivity contribution in [3.8, 4) is 11.1 Å². The zero-order chi connectivity index (χ0) is 19.7. The van der Waals surface area contributed by atoms with Crippen molar-refractivity contribution in [1.82, 2.24) is 9.97 Å².